The summed E-state index contributed by atoms with van der Waals surface area (Å²) in [5.41, 5.74) is 1.85. The third-order valence-electron chi connectivity index (χ3n) is 4.69. The van der Waals surface area contributed by atoms with Crippen LogP contribution in [0.4, 0.5) is 4.79 Å². The van der Waals surface area contributed by atoms with Crippen LogP contribution < -0.4 is 5.32 Å². The number of nitrogens with one attached hydrogen (secondary N) is 1. The molecule has 0 spiro atoms. The zero-order valence-electron chi connectivity index (χ0n) is 18.6. The maximum Gasteiger partial charge on any atom is 0.408 e. The molecule has 0 aliphatic carbocycles. The van der Waals surface area contributed by atoms with Crippen molar-refractivity contribution in [1.82, 2.24) is 15.5 Å². The fourth-order valence-electron chi connectivity index (χ4n) is 2.81. The number of carbonyl (C=O) groups excluding carboxylic acids is 1. The molecule has 1 aromatic carbocycles. The summed E-state index contributed by atoms with van der Waals surface area (Å²) >= 11 is 0. The predicted molar refractivity (Wildman–Crippen MR) is 113 cm³/mol. The third kappa shape index (κ3) is 6.29. The molecule has 0 aliphatic rings. The van der Waals surface area contributed by atoms with Gasteiger partial charge in [-0.15, -0.1) is 5.10 Å². The fourth-order valence-corrected chi connectivity index (χ4v) is 4.03. The van der Waals surface area contributed by atoms with Crippen LogP contribution in [-0.4, -0.2) is 30.3 Å². The summed E-state index contributed by atoms with van der Waals surface area (Å²) in [6, 6.07) is 4.97. The summed E-state index contributed by atoms with van der Waals surface area (Å²) in [4.78, 5) is 12.2. The van der Waals surface area contributed by atoms with Gasteiger partial charge in [0.15, 0.2) is 0 Å². The molecule has 0 saturated heterocycles. The molecule has 9 heteroatoms. The molecule has 0 unspecified atom stereocenters. The van der Waals surface area contributed by atoms with Crippen molar-refractivity contribution in [1.29, 1.82) is 0 Å². The average Bonchev–Trinajstić information content (AvgIpc) is 3.11. The highest BCUT2D eigenvalue weighted by molar-refractivity contribution is 7.90. The van der Waals surface area contributed by atoms with Gasteiger partial charge < -0.3 is 14.5 Å². The molecule has 0 fully saturated rings. The van der Waals surface area contributed by atoms with Gasteiger partial charge in [0.05, 0.1) is 5.75 Å². The Hall–Kier alpha value is -2.42. The van der Waals surface area contributed by atoms with Crippen molar-refractivity contribution in [3.05, 3.63) is 40.8 Å². The largest absolute Gasteiger partial charge is 0.444 e. The van der Waals surface area contributed by atoms with E-state index in [9.17, 15) is 13.2 Å². The number of hydrogen-bond donors (Lipinski definition) is 1. The molecular weight excluding hydrogens is 406 g/mol. The van der Waals surface area contributed by atoms with E-state index in [-0.39, 0.29) is 17.6 Å². The van der Waals surface area contributed by atoms with Crippen molar-refractivity contribution < 1.29 is 22.4 Å². The van der Waals surface area contributed by atoms with Gasteiger partial charge in [0, 0.05) is 0 Å². The smallest absolute Gasteiger partial charge is 0.408 e. The molecule has 8 nitrogen and oxygen atoms in total. The number of ether oxygens (including phenoxy) is 1. The second-order valence-corrected chi connectivity index (χ2v) is 10.5. The van der Waals surface area contributed by atoms with Crippen LogP contribution in [0.2, 0.25) is 0 Å². The van der Waals surface area contributed by atoms with Gasteiger partial charge in [-0.1, -0.05) is 49.1 Å². The number of aryl methyl sites for hydroxylation is 2. The first-order valence-corrected chi connectivity index (χ1v) is 11.6. The molecule has 166 valence electrons. The van der Waals surface area contributed by atoms with E-state index in [1.54, 1.807) is 20.8 Å². The van der Waals surface area contributed by atoms with Crippen LogP contribution in [0, 0.1) is 19.8 Å². The van der Waals surface area contributed by atoms with Gasteiger partial charge in [-0.2, -0.15) is 0 Å². The maximum absolute atomic E-state index is 12.8. The first kappa shape index (κ1) is 23.9. The minimum absolute atomic E-state index is 0.0368. The summed E-state index contributed by atoms with van der Waals surface area (Å²) in [6.45, 7) is 12.9. The van der Waals surface area contributed by atoms with Crippen LogP contribution >= 0.6 is 0 Å². The normalized spacial score (nSPS) is 14.2. The van der Waals surface area contributed by atoms with Crippen molar-refractivity contribution in [2.75, 3.05) is 0 Å². The lowest BCUT2D eigenvalue weighted by Gasteiger charge is -2.24. The monoisotopic (exact) mass is 437 g/mol. The zero-order valence-corrected chi connectivity index (χ0v) is 19.5. The summed E-state index contributed by atoms with van der Waals surface area (Å²) in [7, 11) is -3.84. The molecule has 0 saturated carbocycles. The van der Waals surface area contributed by atoms with E-state index < -0.39 is 32.8 Å². The Morgan fingerprint density at radius 1 is 1.23 bits per heavy atom. The topological polar surface area (TPSA) is 111 Å². The highest BCUT2D eigenvalue weighted by atomic mass is 32.2. The average molecular weight is 438 g/mol. The fraction of sp³-hybridized carbons (Fsp3) is 0.571. The van der Waals surface area contributed by atoms with Crippen LogP contribution in [0.15, 0.2) is 27.8 Å². The van der Waals surface area contributed by atoms with E-state index in [0.29, 0.717) is 12.0 Å². The van der Waals surface area contributed by atoms with Crippen LogP contribution in [0.1, 0.15) is 69.7 Å². The minimum Gasteiger partial charge on any atom is -0.444 e. The summed E-state index contributed by atoms with van der Waals surface area (Å²) in [5.74, 6) is -0.280. The van der Waals surface area contributed by atoms with Crippen molar-refractivity contribution in [2.24, 2.45) is 5.92 Å². The van der Waals surface area contributed by atoms with E-state index in [4.69, 9.17) is 9.15 Å². The van der Waals surface area contributed by atoms with Gasteiger partial charge >= 0.3 is 11.3 Å². The van der Waals surface area contributed by atoms with Crippen LogP contribution in [0.3, 0.4) is 0 Å². The predicted octanol–water partition coefficient (Wildman–Crippen LogP) is 4.27. The first-order chi connectivity index (χ1) is 13.8. The Labute approximate surface area is 178 Å². The summed E-state index contributed by atoms with van der Waals surface area (Å²) in [5, 5.41) is 9.93. The van der Waals surface area contributed by atoms with Gasteiger partial charge in [0.25, 0.3) is 0 Å². The zero-order chi connectivity index (χ0) is 22.7. The second kappa shape index (κ2) is 9.16. The minimum atomic E-state index is -3.84. The van der Waals surface area contributed by atoms with Gasteiger partial charge in [-0.3, -0.25) is 0 Å². The van der Waals surface area contributed by atoms with Crippen LogP contribution in [-0.2, 0) is 20.3 Å². The quantitative estimate of drug-likeness (QED) is 0.688. The lowest BCUT2D eigenvalue weighted by Crippen LogP contribution is -2.37. The lowest BCUT2D eigenvalue weighted by molar-refractivity contribution is 0.0473. The third-order valence-corrected chi connectivity index (χ3v) is 6.08. The van der Waals surface area contributed by atoms with Gasteiger partial charge in [-0.05, 0) is 51.7 Å². The molecule has 0 aliphatic heterocycles. The number of carbonyl (C=O) groups is 1. The molecule has 30 heavy (non-hydrogen) atoms. The van der Waals surface area contributed by atoms with E-state index in [0.717, 1.165) is 11.1 Å². The molecule has 1 heterocycles. The van der Waals surface area contributed by atoms with E-state index in [1.165, 1.54) is 0 Å². The Balaban J connectivity index is 2.27. The SMILES string of the molecule is CC[C@H](C)[C@H](NC(=O)OC(C)(C)C)c1nnc(S(=O)(=O)Cc2cc(C)ccc2C)o1. The van der Waals surface area contributed by atoms with Gasteiger partial charge in [0.2, 0.25) is 15.7 Å². The lowest BCUT2D eigenvalue weighted by atomic mass is 9.99. The number of alkyl carbamates (subject to hydrolysis) is 1. The van der Waals surface area contributed by atoms with Crippen LogP contribution in [0.5, 0.6) is 0 Å². The molecule has 0 radical (unpaired) electrons. The Morgan fingerprint density at radius 2 is 1.90 bits per heavy atom. The Morgan fingerprint density at radius 3 is 2.50 bits per heavy atom. The number of sulfone groups is 1. The van der Waals surface area contributed by atoms with Crippen molar-refractivity contribution in [3.63, 3.8) is 0 Å². The van der Waals surface area contributed by atoms with E-state index >= 15 is 0 Å². The molecule has 1 aromatic heterocycles. The molecule has 2 aromatic rings. The van der Waals surface area contributed by atoms with E-state index in [2.05, 4.69) is 15.5 Å². The summed E-state index contributed by atoms with van der Waals surface area (Å²) in [6.07, 6.45) is 0.0683. The molecule has 2 rings (SSSR count). The Bertz CT molecular complexity index is 992. The first-order valence-electron chi connectivity index (χ1n) is 9.94. The number of benzene rings is 1. The molecule has 1 amide bonds. The Kier molecular flexibility index (Phi) is 7.28. The molecular formula is C21H31N3O5S. The highest BCUT2D eigenvalue weighted by Gasteiger charge is 2.31. The van der Waals surface area contributed by atoms with Crippen molar-refractivity contribution in [2.45, 2.75) is 77.5 Å². The van der Waals surface area contributed by atoms with Crippen LogP contribution in [0.25, 0.3) is 0 Å². The number of rotatable bonds is 7. The standard InChI is InChI=1S/C21H31N3O5S/c1-8-14(3)17(22-19(25)29-21(5,6)7)18-23-24-20(28-18)30(26,27)12-16-11-13(2)9-10-15(16)4/h9-11,14,17H,8,12H2,1-7H3,(H,22,25)/t14-,17-/m0/s1. The number of aromatic nitrogens is 2. The highest BCUT2D eigenvalue weighted by Crippen LogP contribution is 2.26. The maximum atomic E-state index is 12.8. The van der Waals surface area contributed by atoms with E-state index in [1.807, 2.05) is 45.9 Å². The number of nitrogens with zero attached hydrogens (tertiary/aromatic N) is 2. The number of amides is 1. The van der Waals surface area contributed by atoms with Gasteiger partial charge in [0.1, 0.15) is 11.6 Å². The summed E-state index contributed by atoms with van der Waals surface area (Å²) < 4.78 is 36.5. The van der Waals surface area contributed by atoms with Crippen molar-refractivity contribution in [3.8, 4) is 0 Å². The number of hydrogen-bond acceptors (Lipinski definition) is 7. The van der Waals surface area contributed by atoms with Crippen molar-refractivity contribution >= 4 is 15.9 Å². The molecule has 2 atom stereocenters. The molecule has 1 N–H and O–H groups in total. The second-order valence-electron chi connectivity index (χ2n) is 8.60. The van der Waals surface area contributed by atoms with Gasteiger partial charge in [-0.25, -0.2) is 13.2 Å². The molecule has 0 bridgehead atoms.